The third-order valence-corrected chi connectivity index (χ3v) is 3.90. The van der Waals surface area contributed by atoms with Crippen molar-refractivity contribution in [2.75, 3.05) is 19.7 Å². The van der Waals surface area contributed by atoms with Gasteiger partial charge in [0.2, 0.25) is 0 Å². The van der Waals surface area contributed by atoms with Gasteiger partial charge in [0.1, 0.15) is 5.75 Å². The maximum atomic E-state index is 9.63. The van der Waals surface area contributed by atoms with E-state index in [1.165, 1.54) is 5.56 Å². The van der Waals surface area contributed by atoms with Crippen LogP contribution in [0, 0.1) is 11.8 Å². The molecule has 20 heavy (non-hydrogen) atoms. The van der Waals surface area contributed by atoms with E-state index in [0.717, 1.165) is 38.4 Å². The van der Waals surface area contributed by atoms with Gasteiger partial charge in [-0.15, -0.1) is 0 Å². The summed E-state index contributed by atoms with van der Waals surface area (Å²) < 4.78 is 5.69. The second-order valence-corrected chi connectivity index (χ2v) is 6.37. The second-order valence-electron chi connectivity index (χ2n) is 6.37. The molecule has 1 N–H and O–H groups in total. The number of ether oxygens (including phenoxy) is 1. The normalized spacial score (nSPS) is 21.4. The Hall–Kier alpha value is -1.06. The summed E-state index contributed by atoms with van der Waals surface area (Å²) in [6.07, 6.45) is 0.916. The van der Waals surface area contributed by atoms with Crippen LogP contribution in [0.4, 0.5) is 0 Å². The summed E-state index contributed by atoms with van der Waals surface area (Å²) >= 11 is 0. The van der Waals surface area contributed by atoms with Gasteiger partial charge in [-0.2, -0.15) is 0 Å². The van der Waals surface area contributed by atoms with Crippen molar-refractivity contribution in [3.05, 3.63) is 29.8 Å². The Labute approximate surface area is 122 Å². The smallest absolute Gasteiger partial charge is 0.119 e. The molecule has 112 valence electrons. The molecule has 2 rings (SSSR count). The van der Waals surface area contributed by atoms with Gasteiger partial charge in [0, 0.05) is 13.1 Å². The lowest BCUT2D eigenvalue weighted by molar-refractivity contribution is 0.127. The highest BCUT2D eigenvalue weighted by Gasteiger charge is 2.25. The average Bonchev–Trinajstić information content (AvgIpc) is 2.86. The molecule has 0 amide bonds. The molecule has 1 aliphatic rings. The molecule has 0 aromatic heterocycles. The molecule has 1 fully saturated rings. The Morgan fingerprint density at radius 2 is 1.95 bits per heavy atom. The van der Waals surface area contributed by atoms with Crippen LogP contribution in [0.1, 0.15) is 32.8 Å². The molecule has 1 heterocycles. The van der Waals surface area contributed by atoms with Crippen LogP contribution >= 0.6 is 0 Å². The zero-order valence-corrected chi connectivity index (χ0v) is 12.9. The van der Waals surface area contributed by atoms with Gasteiger partial charge in [0.15, 0.2) is 0 Å². The maximum absolute atomic E-state index is 9.63. The number of nitrogens with zero attached hydrogens (tertiary/aromatic N) is 1. The molecule has 0 spiro atoms. The summed E-state index contributed by atoms with van der Waals surface area (Å²) in [4.78, 5) is 2.42. The van der Waals surface area contributed by atoms with Crippen LogP contribution in [0.2, 0.25) is 0 Å². The fraction of sp³-hybridized carbons (Fsp3) is 0.647. The molecular weight excluding hydrogens is 250 g/mol. The Morgan fingerprint density at radius 3 is 2.50 bits per heavy atom. The lowest BCUT2D eigenvalue weighted by Gasteiger charge is -2.17. The number of hydrogen-bond donors (Lipinski definition) is 1. The van der Waals surface area contributed by atoms with Gasteiger partial charge in [-0.05, 0) is 49.4 Å². The second kappa shape index (κ2) is 7.09. The van der Waals surface area contributed by atoms with E-state index in [1.807, 2.05) is 6.92 Å². The van der Waals surface area contributed by atoms with Gasteiger partial charge in [0.05, 0.1) is 12.7 Å². The molecule has 1 aromatic rings. The van der Waals surface area contributed by atoms with Crippen LogP contribution in [-0.2, 0) is 6.54 Å². The van der Waals surface area contributed by atoms with Gasteiger partial charge in [-0.25, -0.2) is 0 Å². The maximum Gasteiger partial charge on any atom is 0.119 e. The van der Waals surface area contributed by atoms with E-state index in [4.69, 9.17) is 4.74 Å². The SMILES string of the molecule is CC(C)COc1ccc(CN2CCC(C(C)O)C2)cc1. The highest BCUT2D eigenvalue weighted by atomic mass is 16.5. The zero-order chi connectivity index (χ0) is 14.5. The van der Waals surface area contributed by atoms with Gasteiger partial charge < -0.3 is 9.84 Å². The first-order valence-corrected chi connectivity index (χ1v) is 7.66. The molecule has 1 aromatic carbocycles. The Bertz CT molecular complexity index is 400. The fourth-order valence-corrected chi connectivity index (χ4v) is 2.61. The van der Waals surface area contributed by atoms with Gasteiger partial charge in [0.25, 0.3) is 0 Å². The summed E-state index contributed by atoms with van der Waals surface area (Å²) in [6, 6.07) is 8.40. The summed E-state index contributed by atoms with van der Waals surface area (Å²) in [5, 5.41) is 9.63. The summed E-state index contributed by atoms with van der Waals surface area (Å²) in [5.74, 6) is 1.94. The standard InChI is InChI=1S/C17H27NO2/c1-13(2)12-20-17-6-4-15(5-7-17)10-18-9-8-16(11-18)14(3)19/h4-7,13-14,16,19H,8-12H2,1-3H3. The van der Waals surface area contributed by atoms with Crippen LogP contribution < -0.4 is 4.74 Å². The van der Waals surface area contributed by atoms with E-state index in [0.29, 0.717) is 11.8 Å². The average molecular weight is 277 g/mol. The minimum Gasteiger partial charge on any atom is -0.493 e. The molecule has 1 aliphatic heterocycles. The minimum atomic E-state index is -0.188. The molecule has 2 unspecified atom stereocenters. The van der Waals surface area contributed by atoms with E-state index in [2.05, 4.69) is 43.0 Å². The van der Waals surface area contributed by atoms with Crippen molar-refractivity contribution in [2.24, 2.45) is 11.8 Å². The van der Waals surface area contributed by atoms with Crippen molar-refractivity contribution in [3.63, 3.8) is 0 Å². The number of likely N-dealkylation sites (tertiary alicyclic amines) is 1. The Kier molecular flexibility index (Phi) is 5.44. The van der Waals surface area contributed by atoms with Crippen LogP contribution in [0.3, 0.4) is 0 Å². The first-order valence-electron chi connectivity index (χ1n) is 7.66. The van der Waals surface area contributed by atoms with Crippen molar-refractivity contribution in [2.45, 2.75) is 39.8 Å². The first-order chi connectivity index (χ1) is 9.54. The fourth-order valence-electron chi connectivity index (χ4n) is 2.61. The summed E-state index contributed by atoms with van der Waals surface area (Å²) in [7, 11) is 0. The van der Waals surface area contributed by atoms with E-state index in [9.17, 15) is 5.11 Å². The predicted molar refractivity (Wildman–Crippen MR) is 81.8 cm³/mol. The van der Waals surface area contributed by atoms with E-state index < -0.39 is 0 Å². The third kappa shape index (κ3) is 4.50. The molecule has 0 saturated carbocycles. The molecule has 3 heteroatoms. The van der Waals surface area contributed by atoms with Gasteiger partial charge in [-0.1, -0.05) is 26.0 Å². The van der Waals surface area contributed by atoms with Crippen LogP contribution in [0.5, 0.6) is 5.75 Å². The molecule has 0 bridgehead atoms. The lowest BCUT2D eigenvalue weighted by atomic mass is 10.0. The van der Waals surface area contributed by atoms with Crippen LogP contribution in [-0.4, -0.2) is 35.8 Å². The monoisotopic (exact) mass is 277 g/mol. The van der Waals surface area contributed by atoms with E-state index in [-0.39, 0.29) is 6.10 Å². The van der Waals surface area contributed by atoms with Crippen LogP contribution in [0.15, 0.2) is 24.3 Å². The van der Waals surface area contributed by atoms with Crippen molar-refractivity contribution < 1.29 is 9.84 Å². The molecular formula is C17H27NO2. The molecule has 0 aliphatic carbocycles. The molecule has 2 atom stereocenters. The quantitative estimate of drug-likeness (QED) is 0.868. The largest absolute Gasteiger partial charge is 0.493 e. The van der Waals surface area contributed by atoms with Gasteiger partial charge in [-0.3, -0.25) is 4.90 Å². The predicted octanol–water partition coefficient (Wildman–Crippen LogP) is 2.92. The first kappa shape index (κ1) is 15.3. The summed E-state index contributed by atoms with van der Waals surface area (Å²) in [6.45, 7) is 10.0. The zero-order valence-electron chi connectivity index (χ0n) is 12.9. The van der Waals surface area contributed by atoms with Crippen molar-refractivity contribution in [3.8, 4) is 5.75 Å². The third-order valence-electron chi connectivity index (χ3n) is 3.90. The molecule has 1 saturated heterocycles. The van der Waals surface area contributed by atoms with E-state index >= 15 is 0 Å². The highest BCUT2D eigenvalue weighted by Crippen LogP contribution is 2.22. The summed E-state index contributed by atoms with van der Waals surface area (Å²) in [5.41, 5.74) is 1.31. The minimum absolute atomic E-state index is 0.188. The Morgan fingerprint density at radius 1 is 1.25 bits per heavy atom. The lowest BCUT2D eigenvalue weighted by Crippen LogP contribution is -2.23. The molecule has 3 nitrogen and oxygen atoms in total. The van der Waals surface area contributed by atoms with E-state index in [1.54, 1.807) is 0 Å². The van der Waals surface area contributed by atoms with Gasteiger partial charge >= 0.3 is 0 Å². The van der Waals surface area contributed by atoms with Crippen molar-refractivity contribution in [1.82, 2.24) is 4.90 Å². The number of benzene rings is 1. The Balaban J connectivity index is 1.82. The topological polar surface area (TPSA) is 32.7 Å². The van der Waals surface area contributed by atoms with Crippen LogP contribution in [0.25, 0.3) is 0 Å². The van der Waals surface area contributed by atoms with Crippen molar-refractivity contribution >= 4 is 0 Å². The molecule has 0 radical (unpaired) electrons. The number of hydrogen-bond acceptors (Lipinski definition) is 3. The number of aliphatic hydroxyl groups excluding tert-OH is 1. The number of aliphatic hydroxyl groups is 1. The van der Waals surface area contributed by atoms with Crippen molar-refractivity contribution in [1.29, 1.82) is 0 Å². The highest BCUT2D eigenvalue weighted by molar-refractivity contribution is 5.27. The number of rotatable bonds is 6.